The second kappa shape index (κ2) is 11.3. The average Bonchev–Trinajstić information content (AvgIpc) is 2.85. The van der Waals surface area contributed by atoms with E-state index in [-0.39, 0.29) is 36.4 Å². The van der Waals surface area contributed by atoms with E-state index in [0.717, 1.165) is 5.56 Å². The monoisotopic (exact) mass is 532 g/mol. The third-order valence-corrected chi connectivity index (χ3v) is 6.24. The van der Waals surface area contributed by atoms with E-state index in [1.54, 1.807) is 42.5 Å². The summed E-state index contributed by atoms with van der Waals surface area (Å²) in [6, 6.07) is 14.3. The number of alkyl halides is 3. The van der Waals surface area contributed by atoms with Gasteiger partial charge >= 0.3 is 6.18 Å². The standard InChI is InChI=1S/C30H23F7O/c1-2-13-38-23-11-10-20(25(31)17-23)6-3-18-5-12-24-22(14-18)9-8-21(29(24)34)7-4-19-15-26(32)28(27(33)16-19)30(35,36)37/h2,5,8-12,14-17H,1,3-4,6-7,13H2. The summed E-state index contributed by atoms with van der Waals surface area (Å²) in [6.07, 6.45) is -2.63. The molecule has 0 bridgehead atoms. The number of hydrogen-bond acceptors (Lipinski definition) is 1. The van der Waals surface area contributed by atoms with Gasteiger partial charge in [-0.25, -0.2) is 17.6 Å². The van der Waals surface area contributed by atoms with Crippen LogP contribution >= 0.6 is 0 Å². The van der Waals surface area contributed by atoms with E-state index in [9.17, 15) is 26.3 Å². The highest BCUT2D eigenvalue weighted by Crippen LogP contribution is 2.34. The van der Waals surface area contributed by atoms with Crippen LogP contribution < -0.4 is 4.74 Å². The zero-order valence-corrected chi connectivity index (χ0v) is 20.1. The Balaban J connectivity index is 1.45. The summed E-state index contributed by atoms with van der Waals surface area (Å²) in [6.45, 7) is 3.83. The van der Waals surface area contributed by atoms with Gasteiger partial charge in [0.05, 0.1) is 0 Å². The molecule has 0 heterocycles. The van der Waals surface area contributed by atoms with Crippen molar-refractivity contribution in [1.29, 1.82) is 0 Å². The van der Waals surface area contributed by atoms with E-state index in [1.807, 2.05) is 6.07 Å². The molecule has 1 nitrogen and oxygen atoms in total. The Kier molecular flexibility index (Phi) is 8.09. The van der Waals surface area contributed by atoms with Crippen molar-refractivity contribution in [2.45, 2.75) is 31.9 Å². The van der Waals surface area contributed by atoms with Gasteiger partial charge in [-0.05, 0) is 71.5 Å². The summed E-state index contributed by atoms with van der Waals surface area (Å²) in [5, 5.41) is 0.968. The highest BCUT2D eigenvalue weighted by atomic mass is 19.4. The van der Waals surface area contributed by atoms with Gasteiger partial charge in [-0.15, -0.1) is 0 Å². The maximum Gasteiger partial charge on any atom is 0.422 e. The molecule has 38 heavy (non-hydrogen) atoms. The number of ether oxygens (including phenoxy) is 1. The quantitative estimate of drug-likeness (QED) is 0.155. The fourth-order valence-corrected chi connectivity index (χ4v) is 4.31. The number of aryl methyl sites for hydroxylation is 4. The van der Waals surface area contributed by atoms with E-state index in [1.165, 1.54) is 6.07 Å². The molecule has 0 spiro atoms. The van der Waals surface area contributed by atoms with Gasteiger partial charge in [0.15, 0.2) is 0 Å². The lowest BCUT2D eigenvalue weighted by atomic mass is 9.97. The van der Waals surface area contributed by atoms with Crippen LogP contribution in [0.5, 0.6) is 5.75 Å². The predicted molar refractivity (Wildman–Crippen MR) is 132 cm³/mol. The number of halogens is 7. The Labute approximate surface area is 215 Å². The molecule has 0 aliphatic heterocycles. The molecule has 0 aliphatic carbocycles. The number of rotatable bonds is 9. The molecule has 198 valence electrons. The lowest BCUT2D eigenvalue weighted by molar-refractivity contribution is -0.142. The van der Waals surface area contributed by atoms with Crippen LogP contribution in [-0.4, -0.2) is 6.61 Å². The van der Waals surface area contributed by atoms with Gasteiger partial charge in [0.1, 0.15) is 41.2 Å². The van der Waals surface area contributed by atoms with Crippen LogP contribution in [0.4, 0.5) is 30.7 Å². The van der Waals surface area contributed by atoms with E-state index in [0.29, 0.717) is 47.1 Å². The van der Waals surface area contributed by atoms with Crippen LogP contribution in [0.3, 0.4) is 0 Å². The summed E-state index contributed by atoms with van der Waals surface area (Å²) in [4.78, 5) is 0. The second-order valence-electron chi connectivity index (χ2n) is 8.88. The minimum Gasteiger partial charge on any atom is -0.489 e. The maximum absolute atomic E-state index is 15.1. The molecule has 4 aromatic rings. The summed E-state index contributed by atoms with van der Waals surface area (Å²) >= 11 is 0. The molecule has 4 aromatic carbocycles. The molecule has 0 aliphatic rings. The van der Waals surface area contributed by atoms with Gasteiger partial charge < -0.3 is 4.74 Å². The normalized spacial score (nSPS) is 11.7. The summed E-state index contributed by atoms with van der Waals surface area (Å²) < 4.78 is 101. The number of benzene rings is 4. The van der Waals surface area contributed by atoms with E-state index in [2.05, 4.69) is 6.58 Å². The van der Waals surface area contributed by atoms with Gasteiger partial charge in [-0.3, -0.25) is 0 Å². The molecule has 8 heteroatoms. The van der Waals surface area contributed by atoms with Crippen LogP contribution in [0.2, 0.25) is 0 Å². The molecule has 0 atom stereocenters. The highest BCUT2D eigenvalue weighted by molar-refractivity contribution is 5.84. The van der Waals surface area contributed by atoms with Crippen molar-refractivity contribution < 1.29 is 35.5 Å². The zero-order chi connectivity index (χ0) is 27.4. The van der Waals surface area contributed by atoms with Crippen LogP contribution in [-0.2, 0) is 31.9 Å². The van der Waals surface area contributed by atoms with Crippen molar-refractivity contribution in [3.63, 3.8) is 0 Å². The topological polar surface area (TPSA) is 9.23 Å². The average molecular weight is 532 g/mol. The van der Waals surface area contributed by atoms with Crippen molar-refractivity contribution in [2.75, 3.05) is 6.61 Å². The van der Waals surface area contributed by atoms with Crippen LogP contribution in [0.25, 0.3) is 10.8 Å². The minimum absolute atomic E-state index is 0.00428. The highest BCUT2D eigenvalue weighted by Gasteiger charge is 2.37. The first-order valence-corrected chi connectivity index (χ1v) is 11.8. The third-order valence-electron chi connectivity index (χ3n) is 6.24. The largest absolute Gasteiger partial charge is 0.489 e. The molecule has 0 N–H and O–H groups in total. The molecule has 0 unspecified atom stereocenters. The lowest BCUT2D eigenvalue weighted by Crippen LogP contribution is -2.12. The van der Waals surface area contributed by atoms with Crippen molar-refractivity contribution >= 4 is 10.8 Å². The van der Waals surface area contributed by atoms with Gasteiger partial charge in [0.25, 0.3) is 0 Å². The van der Waals surface area contributed by atoms with Gasteiger partial charge in [-0.2, -0.15) is 13.2 Å². The fourth-order valence-electron chi connectivity index (χ4n) is 4.31. The van der Waals surface area contributed by atoms with Crippen LogP contribution in [0, 0.1) is 23.3 Å². The maximum atomic E-state index is 15.1. The lowest BCUT2D eigenvalue weighted by Gasteiger charge is -2.12. The predicted octanol–water partition coefficient (Wildman–Crippen LogP) is 8.55. The third kappa shape index (κ3) is 6.18. The summed E-state index contributed by atoms with van der Waals surface area (Å²) in [7, 11) is 0. The Morgan fingerprint density at radius 1 is 0.684 bits per heavy atom. The zero-order valence-electron chi connectivity index (χ0n) is 20.1. The molecule has 4 rings (SSSR count). The van der Waals surface area contributed by atoms with E-state index < -0.39 is 29.2 Å². The van der Waals surface area contributed by atoms with Crippen molar-refractivity contribution in [1.82, 2.24) is 0 Å². The molecule has 0 amide bonds. The molecule has 0 saturated carbocycles. The van der Waals surface area contributed by atoms with Gasteiger partial charge in [0.2, 0.25) is 0 Å². The van der Waals surface area contributed by atoms with Gasteiger partial charge in [-0.1, -0.05) is 49.1 Å². The van der Waals surface area contributed by atoms with Crippen molar-refractivity contribution in [2.24, 2.45) is 0 Å². The molecular weight excluding hydrogens is 509 g/mol. The first-order valence-electron chi connectivity index (χ1n) is 11.8. The van der Waals surface area contributed by atoms with Crippen LogP contribution in [0.15, 0.2) is 73.3 Å². The van der Waals surface area contributed by atoms with Crippen molar-refractivity contribution in [3.8, 4) is 5.75 Å². The Morgan fingerprint density at radius 2 is 1.34 bits per heavy atom. The SMILES string of the molecule is C=CCOc1ccc(CCc2ccc3c(F)c(CCc4cc(F)c(C(F)(F)F)c(F)c4)ccc3c2)c(F)c1. The Morgan fingerprint density at radius 3 is 2.00 bits per heavy atom. The van der Waals surface area contributed by atoms with Crippen molar-refractivity contribution in [3.05, 3.63) is 124 Å². The Hall–Kier alpha value is -3.81. The fraction of sp³-hybridized carbons (Fsp3) is 0.200. The van der Waals surface area contributed by atoms with E-state index >= 15 is 4.39 Å². The first-order chi connectivity index (χ1) is 18.1. The summed E-state index contributed by atoms with van der Waals surface area (Å²) in [5.74, 6) is -3.87. The van der Waals surface area contributed by atoms with Crippen LogP contribution in [0.1, 0.15) is 27.8 Å². The number of hydrogen-bond donors (Lipinski definition) is 0. The molecule has 0 fully saturated rings. The molecular formula is C30H23F7O. The smallest absolute Gasteiger partial charge is 0.422 e. The van der Waals surface area contributed by atoms with E-state index in [4.69, 9.17) is 4.74 Å². The summed E-state index contributed by atoms with van der Waals surface area (Å²) in [5.41, 5.74) is -0.270. The first kappa shape index (κ1) is 27.2. The minimum atomic E-state index is -5.14. The second-order valence-corrected chi connectivity index (χ2v) is 8.88. The molecule has 0 aromatic heterocycles. The molecule has 0 saturated heterocycles. The number of fused-ring (bicyclic) bond motifs is 1. The van der Waals surface area contributed by atoms with Gasteiger partial charge in [0, 0.05) is 11.5 Å². The molecule has 0 radical (unpaired) electrons. The Bertz CT molecular complexity index is 1450.